The number of halogens is 1. The predicted octanol–water partition coefficient (Wildman–Crippen LogP) is 4.45. The Morgan fingerprint density at radius 2 is 1.90 bits per heavy atom. The lowest BCUT2D eigenvalue weighted by atomic mass is 10.2. The number of hydrazone groups is 1. The normalized spacial score (nSPS) is 11.2. The Labute approximate surface area is 173 Å². The molecule has 1 amide bonds. The van der Waals surface area contributed by atoms with Crippen LogP contribution in [-0.4, -0.2) is 27.8 Å². The number of benzene rings is 2. The third-order valence-electron chi connectivity index (χ3n) is 4.24. The molecule has 0 saturated carbocycles. The maximum absolute atomic E-state index is 12.3. The topological polar surface area (TPSA) is 96.8 Å². The van der Waals surface area contributed by atoms with Crippen LogP contribution in [0.1, 0.15) is 26.6 Å². The van der Waals surface area contributed by atoms with Crippen molar-refractivity contribution in [3.05, 3.63) is 88.4 Å². The molecule has 0 atom stereocenters. The van der Waals surface area contributed by atoms with Crippen LogP contribution in [0.5, 0.6) is 0 Å². The number of nitrogens with one attached hydrogen (secondary N) is 1. The van der Waals surface area contributed by atoms with Crippen molar-refractivity contribution in [2.45, 2.75) is 0 Å². The van der Waals surface area contributed by atoms with E-state index in [4.69, 9.17) is 9.52 Å². The standard InChI is InChI=1S/C21H14BrN3O4/c22-15-5-8-18-14(10-15)11-19(29-18)20(26)24-23-12-17-2-1-9-25(17)16-6-3-13(4-7-16)21(27)28/h1-12H,(H,24,26)(H,27,28)/b23-12-. The molecule has 0 spiro atoms. The maximum atomic E-state index is 12.3. The summed E-state index contributed by atoms with van der Waals surface area (Å²) >= 11 is 3.38. The average Bonchev–Trinajstić information content (AvgIpc) is 3.34. The van der Waals surface area contributed by atoms with Gasteiger partial charge in [-0.15, -0.1) is 0 Å². The zero-order chi connectivity index (χ0) is 20.4. The molecule has 4 aromatic rings. The van der Waals surface area contributed by atoms with Gasteiger partial charge in [0.1, 0.15) is 5.58 Å². The van der Waals surface area contributed by atoms with Crippen molar-refractivity contribution in [1.82, 2.24) is 9.99 Å². The van der Waals surface area contributed by atoms with Gasteiger partial charge in [0.2, 0.25) is 0 Å². The molecular formula is C21H14BrN3O4. The first kappa shape index (κ1) is 18.7. The summed E-state index contributed by atoms with van der Waals surface area (Å²) in [5.41, 5.74) is 4.75. The van der Waals surface area contributed by atoms with Gasteiger partial charge in [-0.25, -0.2) is 10.2 Å². The van der Waals surface area contributed by atoms with Gasteiger partial charge >= 0.3 is 11.9 Å². The molecule has 7 nitrogen and oxygen atoms in total. The molecule has 0 radical (unpaired) electrons. The third-order valence-corrected chi connectivity index (χ3v) is 4.73. The molecule has 2 N–H and O–H groups in total. The molecule has 2 aromatic carbocycles. The van der Waals surface area contributed by atoms with Crippen LogP contribution in [0.25, 0.3) is 16.7 Å². The molecule has 29 heavy (non-hydrogen) atoms. The number of rotatable bonds is 5. The lowest BCUT2D eigenvalue weighted by molar-refractivity contribution is 0.0696. The Kier molecular flexibility index (Phi) is 5.01. The lowest BCUT2D eigenvalue weighted by Crippen LogP contribution is -2.17. The number of carboxylic acid groups (broad SMARTS) is 1. The van der Waals surface area contributed by atoms with E-state index in [-0.39, 0.29) is 11.3 Å². The van der Waals surface area contributed by atoms with E-state index in [1.165, 1.54) is 18.3 Å². The Morgan fingerprint density at radius 3 is 2.66 bits per heavy atom. The number of hydrogen-bond acceptors (Lipinski definition) is 4. The number of carbonyl (C=O) groups excluding carboxylic acids is 1. The van der Waals surface area contributed by atoms with Crippen LogP contribution in [-0.2, 0) is 0 Å². The number of carbonyl (C=O) groups is 2. The minimum Gasteiger partial charge on any atom is -0.478 e. The SMILES string of the molecule is O=C(O)c1ccc(-n2cccc2/C=N\NC(=O)c2cc3cc(Br)ccc3o2)cc1. The van der Waals surface area contributed by atoms with Gasteiger partial charge in [-0.3, -0.25) is 4.79 Å². The molecule has 0 aliphatic rings. The number of aromatic carboxylic acids is 1. The second-order valence-corrected chi connectivity index (χ2v) is 7.06. The van der Waals surface area contributed by atoms with Crippen molar-refractivity contribution in [3.63, 3.8) is 0 Å². The summed E-state index contributed by atoms with van der Waals surface area (Å²) in [4.78, 5) is 23.3. The summed E-state index contributed by atoms with van der Waals surface area (Å²) in [5.74, 6) is -1.28. The molecular weight excluding hydrogens is 438 g/mol. The molecule has 0 aliphatic carbocycles. The summed E-state index contributed by atoms with van der Waals surface area (Å²) in [6, 6.07) is 17.2. The van der Waals surface area contributed by atoms with Gasteiger partial charge in [0.05, 0.1) is 17.5 Å². The number of nitrogens with zero attached hydrogens (tertiary/aromatic N) is 2. The molecule has 144 valence electrons. The molecule has 0 saturated heterocycles. The van der Waals surface area contributed by atoms with Gasteiger partial charge in [0, 0.05) is 21.7 Å². The van der Waals surface area contributed by atoms with E-state index in [2.05, 4.69) is 26.5 Å². The van der Waals surface area contributed by atoms with Gasteiger partial charge in [0.25, 0.3) is 0 Å². The smallest absolute Gasteiger partial charge is 0.335 e. The predicted molar refractivity (Wildman–Crippen MR) is 112 cm³/mol. The van der Waals surface area contributed by atoms with Gasteiger partial charge in [-0.2, -0.15) is 5.10 Å². The summed E-state index contributed by atoms with van der Waals surface area (Å²) in [6.45, 7) is 0. The highest BCUT2D eigenvalue weighted by Gasteiger charge is 2.12. The summed E-state index contributed by atoms with van der Waals surface area (Å²) in [7, 11) is 0. The molecule has 2 aromatic heterocycles. The lowest BCUT2D eigenvalue weighted by Gasteiger charge is -2.06. The van der Waals surface area contributed by atoms with E-state index >= 15 is 0 Å². The largest absolute Gasteiger partial charge is 0.478 e. The number of hydrogen-bond donors (Lipinski definition) is 2. The van der Waals surface area contributed by atoms with E-state index in [0.29, 0.717) is 11.3 Å². The van der Waals surface area contributed by atoms with Crippen molar-refractivity contribution in [3.8, 4) is 5.69 Å². The Balaban J connectivity index is 1.49. The highest BCUT2D eigenvalue weighted by molar-refractivity contribution is 9.10. The number of aromatic nitrogens is 1. The molecule has 0 aliphatic heterocycles. The first-order valence-corrected chi connectivity index (χ1v) is 9.34. The zero-order valence-corrected chi connectivity index (χ0v) is 16.5. The Morgan fingerprint density at radius 1 is 1.10 bits per heavy atom. The van der Waals surface area contributed by atoms with E-state index in [1.54, 1.807) is 24.3 Å². The van der Waals surface area contributed by atoms with Crippen molar-refractivity contribution in [2.24, 2.45) is 5.10 Å². The highest BCUT2D eigenvalue weighted by Crippen LogP contribution is 2.23. The second kappa shape index (κ2) is 7.76. The number of furan rings is 1. The highest BCUT2D eigenvalue weighted by atomic mass is 79.9. The zero-order valence-electron chi connectivity index (χ0n) is 14.9. The van der Waals surface area contributed by atoms with Gasteiger partial charge in [0.15, 0.2) is 5.76 Å². The van der Waals surface area contributed by atoms with E-state index in [9.17, 15) is 9.59 Å². The van der Waals surface area contributed by atoms with Crippen molar-refractivity contribution < 1.29 is 19.1 Å². The van der Waals surface area contributed by atoms with Gasteiger partial charge < -0.3 is 14.1 Å². The third kappa shape index (κ3) is 3.97. The number of amides is 1. The van der Waals surface area contributed by atoms with E-state index in [1.807, 2.05) is 35.0 Å². The van der Waals surface area contributed by atoms with Gasteiger partial charge in [-0.05, 0) is 60.7 Å². The molecule has 2 heterocycles. The minimum absolute atomic E-state index is 0.162. The van der Waals surface area contributed by atoms with Crippen molar-refractivity contribution in [2.75, 3.05) is 0 Å². The van der Waals surface area contributed by atoms with E-state index < -0.39 is 11.9 Å². The molecule has 0 unspecified atom stereocenters. The molecule has 0 bridgehead atoms. The van der Waals surface area contributed by atoms with Crippen molar-refractivity contribution >= 4 is 45.0 Å². The minimum atomic E-state index is -0.980. The Bertz CT molecular complexity index is 1240. The summed E-state index contributed by atoms with van der Waals surface area (Å²) in [6.07, 6.45) is 3.32. The number of fused-ring (bicyclic) bond motifs is 1. The fraction of sp³-hybridized carbons (Fsp3) is 0. The summed E-state index contributed by atoms with van der Waals surface area (Å²) < 4.78 is 8.25. The van der Waals surface area contributed by atoms with Gasteiger partial charge in [-0.1, -0.05) is 15.9 Å². The molecule has 0 fully saturated rings. The second-order valence-electron chi connectivity index (χ2n) is 6.15. The quantitative estimate of drug-likeness (QED) is 0.346. The van der Waals surface area contributed by atoms with Crippen LogP contribution in [0, 0.1) is 0 Å². The van der Waals surface area contributed by atoms with Crippen LogP contribution in [0.4, 0.5) is 0 Å². The number of carboxylic acids is 1. The molecule has 4 rings (SSSR count). The average molecular weight is 452 g/mol. The molecule has 8 heteroatoms. The maximum Gasteiger partial charge on any atom is 0.335 e. The summed E-state index contributed by atoms with van der Waals surface area (Å²) in [5, 5.41) is 13.8. The van der Waals surface area contributed by atoms with Crippen LogP contribution in [0.15, 0.2) is 80.9 Å². The van der Waals surface area contributed by atoms with Crippen LogP contribution in [0.2, 0.25) is 0 Å². The first-order valence-electron chi connectivity index (χ1n) is 8.55. The first-order chi connectivity index (χ1) is 14.0. The van der Waals surface area contributed by atoms with Crippen LogP contribution in [0.3, 0.4) is 0 Å². The van der Waals surface area contributed by atoms with Crippen LogP contribution >= 0.6 is 15.9 Å². The van der Waals surface area contributed by atoms with Crippen molar-refractivity contribution in [1.29, 1.82) is 0 Å². The Hall–Kier alpha value is -3.65. The van der Waals surface area contributed by atoms with E-state index in [0.717, 1.165) is 15.5 Å². The monoisotopic (exact) mass is 451 g/mol. The van der Waals surface area contributed by atoms with Crippen LogP contribution < -0.4 is 5.43 Å². The fourth-order valence-corrected chi connectivity index (χ4v) is 3.22. The fourth-order valence-electron chi connectivity index (χ4n) is 2.84.